The summed E-state index contributed by atoms with van der Waals surface area (Å²) in [6.45, 7) is 2.88. The van der Waals surface area contributed by atoms with Crippen molar-refractivity contribution in [3.8, 4) is 0 Å². The summed E-state index contributed by atoms with van der Waals surface area (Å²) >= 11 is 0. The molecule has 1 aliphatic heterocycles. The number of carbonyl (C=O) groups is 1. The third-order valence-corrected chi connectivity index (χ3v) is 5.55. The van der Waals surface area contributed by atoms with Crippen LogP contribution in [0.2, 0.25) is 0 Å². The highest BCUT2D eigenvalue weighted by atomic mass is 35.5. The van der Waals surface area contributed by atoms with Crippen LogP contribution >= 0.6 is 12.4 Å². The van der Waals surface area contributed by atoms with Crippen LogP contribution in [0, 0.1) is 5.92 Å². The van der Waals surface area contributed by atoms with Gasteiger partial charge in [-0.3, -0.25) is 4.79 Å². The number of nitrogens with zero attached hydrogens (tertiary/aromatic N) is 1. The van der Waals surface area contributed by atoms with Crippen molar-refractivity contribution in [1.29, 1.82) is 0 Å². The second-order valence-corrected chi connectivity index (χ2v) is 7.29. The van der Waals surface area contributed by atoms with Gasteiger partial charge in [0.25, 0.3) is 0 Å². The number of hydrogen-bond donors (Lipinski definition) is 1. The zero-order valence-corrected chi connectivity index (χ0v) is 17.0. The Morgan fingerprint density at radius 3 is 2.00 bits per heavy atom. The fourth-order valence-electron chi connectivity index (χ4n) is 3.92. The van der Waals surface area contributed by atoms with E-state index in [1.54, 1.807) is 0 Å². The molecule has 27 heavy (non-hydrogen) atoms. The van der Waals surface area contributed by atoms with Gasteiger partial charge in [0.15, 0.2) is 0 Å². The Morgan fingerprint density at radius 2 is 1.52 bits per heavy atom. The highest BCUT2D eigenvalue weighted by Crippen LogP contribution is 2.29. The van der Waals surface area contributed by atoms with Crippen molar-refractivity contribution in [2.24, 2.45) is 5.92 Å². The molecule has 0 saturated carbocycles. The van der Waals surface area contributed by atoms with E-state index in [-0.39, 0.29) is 24.2 Å². The van der Waals surface area contributed by atoms with Crippen LogP contribution in [0.1, 0.15) is 42.7 Å². The molecule has 1 amide bonds. The lowest BCUT2D eigenvalue weighted by atomic mass is 9.87. The molecule has 4 heteroatoms. The second kappa shape index (κ2) is 11.1. The van der Waals surface area contributed by atoms with Crippen molar-refractivity contribution in [3.63, 3.8) is 0 Å². The quantitative estimate of drug-likeness (QED) is 0.760. The summed E-state index contributed by atoms with van der Waals surface area (Å²) in [7, 11) is 2.01. The van der Waals surface area contributed by atoms with Crippen LogP contribution in [0.5, 0.6) is 0 Å². The van der Waals surface area contributed by atoms with Gasteiger partial charge in [-0.1, -0.05) is 60.7 Å². The van der Waals surface area contributed by atoms with E-state index >= 15 is 0 Å². The van der Waals surface area contributed by atoms with E-state index in [1.165, 1.54) is 17.5 Å². The van der Waals surface area contributed by atoms with Gasteiger partial charge in [-0.05, 0) is 49.9 Å². The van der Waals surface area contributed by atoms with E-state index in [1.807, 2.05) is 19.2 Å². The van der Waals surface area contributed by atoms with Crippen molar-refractivity contribution in [3.05, 3.63) is 71.8 Å². The first-order valence-electron chi connectivity index (χ1n) is 9.80. The second-order valence-electron chi connectivity index (χ2n) is 7.29. The van der Waals surface area contributed by atoms with Crippen LogP contribution in [-0.2, 0) is 4.79 Å². The van der Waals surface area contributed by atoms with Crippen LogP contribution in [0.4, 0.5) is 0 Å². The number of piperidine rings is 1. The lowest BCUT2D eigenvalue weighted by molar-refractivity contribution is -0.132. The summed E-state index contributed by atoms with van der Waals surface area (Å²) in [5.41, 5.74) is 2.44. The highest BCUT2D eigenvalue weighted by Gasteiger charge is 2.25. The first-order valence-corrected chi connectivity index (χ1v) is 9.80. The molecule has 0 atom stereocenters. The summed E-state index contributed by atoms with van der Waals surface area (Å²) < 4.78 is 0. The number of likely N-dealkylation sites (tertiary alicyclic amines) is 1. The molecule has 1 saturated heterocycles. The number of hydrogen-bond acceptors (Lipinski definition) is 2. The van der Waals surface area contributed by atoms with E-state index < -0.39 is 0 Å². The third-order valence-electron chi connectivity index (χ3n) is 5.55. The van der Waals surface area contributed by atoms with Crippen LogP contribution in [0.15, 0.2) is 60.7 Å². The normalized spacial score (nSPS) is 14.8. The lowest BCUT2D eigenvalue weighted by Crippen LogP contribution is -2.39. The predicted molar refractivity (Wildman–Crippen MR) is 114 cm³/mol. The Kier molecular flexibility index (Phi) is 8.83. The Morgan fingerprint density at radius 1 is 1.00 bits per heavy atom. The van der Waals surface area contributed by atoms with Crippen LogP contribution in [-0.4, -0.2) is 37.5 Å². The zero-order chi connectivity index (χ0) is 18.2. The molecule has 0 aliphatic carbocycles. The highest BCUT2D eigenvalue weighted by molar-refractivity contribution is 5.85. The molecule has 2 aromatic carbocycles. The van der Waals surface area contributed by atoms with E-state index in [2.05, 4.69) is 58.7 Å². The molecule has 3 rings (SSSR count). The Bertz CT molecular complexity index is 630. The number of amides is 1. The van der Waals surface area contributed by atoms with Crippen LogP contribution < -0.4 is 5.32 Å². The Labute approximate surface area is 169 Å². The zero-order valence-electron chi connectivity index (χ0n) is 16.1. The van der Waals surface area contributed by atoms with Crippen LogP contribution in [0.25, 0.3) is 0 Å². The molecule has 0 aromatic heterocycles. The van der Waals surface area contributed by atoms with Crippen molar-refractivity contribution < 1.29 is 4.79 Å². The summed E-state index contributed by atoms with van der Waals surface area (Å²) in [6.07, 6.45) is 4.04. The van der Waals surface area contributed by atoms with Gasteiger partial charge in [0.2, 0.25) is 5.91 Å². The third kappa shape index (κ3) is 6.08. The minimum absolute atomic E-state index is 0. The van der Waals surface area contributed by atoms with Crippen molar-refractivity contribution in [2.75, 3.05) is 26.7 Å². The maximum atomic E-state index is 13.0. The standard InChI is InChI=1S/C23H30N2O.ClH/c1-24-15-12-19-13-16-25(17-14-19)23(26)18-22(20-8-4-2-5-9-20)21-10-6-3-7-11-21;/h2-11,19,22,24H,12-18H2,1H3;1H. The number of nitrogens with one attached hydrogen (secondary N) is 1. The van der Waals surface area contributed by atoms with Gasteiger partial charge in [-0.2, -0.15) is 0 Å². The molecule has 1 aliphatic rings. The van der Waals surface area contributed by atoms with Gasteiger partial charge in [0, 0.05) is 25.4 Å². The maximum absolute atomic E-state index is 13.0. The van der Waals surface area contributed by atoms with E-state index in [0.717, 1.165) is 38.4 Å². The van der Waals surface area contributed by atoms with Gasteiger partial charge < -0.3 is 10.2 Å². The molecule has 0 spiro atoms. The molecule has 146 valence electrons. The fraction of sp³-hybridized carbons (Fsp3) is 0.435. The molecule has 1 fully saturated rings. The van der Waals surface area contributed by atoms with Gasteiger partial charge in [0.1, 0.15) is 0 Å². The molecule has 1 heterocycles. The average molecular weight is 387 g/mol. The molecule has 1 N–H and O–H groups in total. The molecule has 0 unspecified atom stereocenters. The fourth-order valence-corrected chi connectivity index (χ4v) is 3.92. The maximum Gasteiger partial charge on any atom is 0.223 e. The first-order chi connectivity index (χ1) is 12.8. The average Bonchev–Trinajstić information content (AvgIpc) is 2.72. The molecule has 2 aromatic rings. The topological polar surface area (TPSA) is 32.3 Å². The van der Waals surface area contributed by atoms with Gasteiger partial charge in [0.05, 0.1) is 0 Å². The summed E-state index contributed by atoms with van der Waals surface area (Å²) in [6, 6.07) is 20.8. The van der Waals surface area contributed by atoms with E-state index in [0.29, 0.717) is 6.42 Å². The summed E-state index contributed by atoms with van der Waals surface area (Å²) in [5, 5.41) is 3.23. The minimum atomic E-state index is 0. The van der Waals surface area contributed by atoms with Crippen molar-refractivity contribution in [1.82, 2.24) is 10.2 Å². The number of benzene rings is 2. The molecule has 0 radical (unpaired) electrons. The Balaban J connectivity index is 0.00000261. The Hall–Kier alpha value is -1.84. The van der Waals surface area contributed by atoms with Gasteiger partial charge >= 0.3 is 0 Å². The van der Waals surface area contributed by atoms with Gasteiger partial charge in [-0.15, -0.1) is 12.4 Å². The minimum Gasteiger partial charge on any atom is -0.343 e. The van der Waals surface area contributed by atoms with Crippen molar-refractivity contribution in [2.45, 2.75) is 31.6 Å². The lowest BCUT2D eigenvalue weighted by Gasteiger charge is -2.33. The molecular formula is C23H31ClN2O. The molecule has 0 bridgehead atoms. The summed E-state index contributed by atoms with van der Waals surface area (Å²) in [4.78, 5) is 15.1. The molecular weight excluding hydrogens is 356 g/mol. The summed E-state index contributed by atoms with van der Waals surface area (Å²) in [5.74, 6) is 1.17. The first kappa shape index (κ1) is 21.5. The number of rotatable bonds is 7. The smallest absolute Gasteiger partial charge is 0.223 e. The number of halogens is 1. The number of carbonyl (C=O) groups excluding carboxylic acids is 1. The van der Waals surface area contributed by atoms with E-state index in [4.69, 9.17) is 0 Å². The monoisotopic (exact) mass is 386 g/mol. The van der Waals surface area contributed by atoms with Gasteiger partial charge in [-0.25, -0.2) is 0 Å². The predicted octanol–water partition coefficient (Wildman–Crippen LogP) is 4.48. The van der Waals surface area contributed by atoms with Crippen LogP contribution in [0.3, 0.4) is 0 Å². The molecule has 3 nitrogen and oxygen atoms in total. The van der Waals surface area contributed by atoms with E-state index in [9.17, 15) is 4.79 Å². The van der Waals surface area contributed by atoms with Crippen molar-refractivity contribution >= 4 is 18.3 Å². The largest absolute Gasteiger partial charge is 0.343 e. The SMILES string of the molecule is CNCCC1CCN(C(=O)CC(c2ccccc2)c2ccccc2)CC1.Cl.